The van der Waals surface area contributed by atoms with E-state index >= 15 is 0 Å². The smallest absolute Gasteiger partial charge is 0.269 e. The van der Waals surface area contributed by atoms with E-state index in [1.165, 1.54) is 11.0 Å². The Hall–Kier alpha value is -4.11. The van der Waals surface area contributed by atoms with Crippen molar-refractivity contribution < 1.29 is 19.4 Å². The number of nitrogens with one attached hydrogen (secondary N) is 1. The van der Waals surface area contributed by atoms with E-state index in [9.17, 15) is 15.2 Å². The lowest BCUT2D eigenvalue weighted by molar-refractivity contribution is -0.127. The zero-order valence-corrected chi connectivity index (χ0v) is 19.3. The summed E-state index contributed by atoms with van der Waals surface area (Å²) in [6, 6.07) is 12.1. The molecule has 0 bridgehead atoms. The van der Waals surface area contributed by atoms with Crippen LogP contribution in [0.3, 0.4) is 0 Å². The van der Waals surface area contributed by atoms with Gasteiger partial charge in [0.2, 0.25) is 12.0 Å². The third kappa shape index (κ3) is 5.52. The highest BCUT2D eigenvalue weighted by Gasteiger charge is 2.25. The second-order valence-corrected chi connectivity index (χ2v) is 7.78. The summed E-state index contributed by atoms with van der Waals surface area (Å²) in [6.45, 7) is 1.28. The van der Waals surface area contributed by atoms with Crippen molar-refractivity contribution in [2.75, 3.05) is 18.5 Å². The molecule has 12 heteroatoms. The molecular weight excluding hydrogens is 474 g/mol. The molecule has 3 heterocycles. The number of rotatable bonds is 9. The first kappa shape index (κ1) is 24.0. The fraction of sp³-hybridized carbons (Fsp3) is 0.217. The molecule has 4 rings (SSSR count). The van der Waals surface area contributed by atoms with Crippen molar-refractivity contribution >= 4 is 34.4 Å². The number of ether oxygens (including phenoxy) is 2. The van der Waals surface area contributed by atoms with Crippen molar-refractivity contribution in [2.45, 2.75) is 19.1 Å². The van der Waals surface area contributed by atoms with E-state index in [1.807, 2.05) is 0 Å². The van der Waals surface area contributed by atoms with Gasteiger partial charge in [-0.05, 0) is 31.2 Å². The molecule has 1 amide bonds. The average Bonchev–Trinajstić information content (AvgIpc) is 3.31. The first-order valence-corrected chi connectivity index (χ1v) is 10.9. The second-order valence-electron chi connectivity index (χ2n) is 7.37. The summed E-state index contributed by atoms with van der Waals surface area (Å²) in [6.07, 6.45) is 2.71. The van der Waals surface area contributed by atoms with Crippen molar-refractivity contribution in [2.24, 2.45) is 0 Å². The number of hydrogen-bond donors (Lipinski definition) is 2. The van der Waals surface area contributed by atoms with Gasteiger partial charge >= 0.3 is 0 Å². The number of carbonyl (C=O) groups is 1. The van der Waals surface area contributed by atoms with Gasteiger partial charge in [-0.3, -0.25) is 4.79 Å². The van der Waals surface area contributed by atoms with E-state index in [2.05, 4.69) is 31.4 Å². The standard InChI is InChI=1S/C23H20ClN7O4/c1-14(11-32)34-12-18(22(33)29-19-7-2-3-8-26-19)35-23-16-10-31(30-21(16)27-13-28-23)20-15(9-25)5-4-6-17(20)24/h2-8,10,13-14,18,32H,11-12H2,1H3,(H,26,29,33)/t14-,18+/m1/s1. The van der Waals surface area contributed by atoms with Crippen molar-refractivity contribution in [1.29, 1.82) is 5.26 Å². The Bertz CT molecular complexity index is 1370. The third-order valence-corrected chi connectivity index (χ3v) is 5.17. The number of fused-ring (bicyclic) bond motifs is 1. The molecule has 2 atom stereocenters. The highest BCUT2D eigenvalue weighted by molar-refractivity contribution is 6.32. The zero-order valence-electron chi connectivity index (χ0n) is 18.5. The first-order valence-electron chi connectivity index (χ1n) is 10.5. The van der Waals surface area contributed by atoms with Crippen LogP contribution >= 0.6 is 11.6 Å². The number of anilines is 1. The molecule has 0 fully saturated rings. The molecule has 0 saturated heterocycles. The van der Waals surface area contributed by atoms with Gasteiger partial charge in [0.05, 0.1) is 29.9 Å². The first-order chi connectivity index (χ1) is 17.0. The number of aliphatic hydroxyl groups excluding tert-OH is 1. The maximum atomic E-state index is 13.0. The lowest BCUT2D eigenvalue weighted by Gasteiger charge is -2.20. The molecule has 0 aliphatic heterocycles. The molecule has 11 nitrogen and oxygen atoms in total. The molecule has 3 aromatic heterocycles. The summed E-state index contributed by atoms with van der Waals surface area (Å²) in [4.78, 5) is 25.4. The van der Waals surface area contributed by atoms with Crippen LogP contribution in [0.25, 0.3) is 16.7 Å². The summed E-state index contributed by atoms with van der Waals surface area (Å²) < 4.78 is 12.9. The van der Waals surface area contributed by atoms with Crippen molar-refractivity contribution in [3.05, 3.63) is 65.7 Å². The SMILES string of the molecule is C[C@H](CO)OC[C@H](Oc1ncnc2nn(-c3c(Cl)cccc3C#N)cc12)C(=O)Nc1ccccn1. The molecule has 1 aromatic carbocycles. The van der Waals surface area contributed by atoms with Crippen LogP contribution in [-0.4, -0.2) is 61.2 Å². The van der Waals surface area contributed by atoms with Crippen LogP contribution in [0.5, 0.6) is 5.88 Å². The molecule has 0 radical (unpaired) electrons. The van der Waals surface area contributed by atoms with Gasteiger partial charge in [-0.15, -0.1) is 5.10 Å². The number of nitriles is 1. The quantitative estimate of drug-likeness (QED) is 0.358. The Kier molecular flexibility index (Phi) is 7.47. The number of amides is 1. The van der Waals surface area contributed by atoms with Gasteiger partial charge in [-0.25, -0.2) is 19.6 Å². The van der Waals surface area contributed by atoms with Gasteiger partial charge in [-0.1, -0.05) is 23.7 Å². The van der Waals surface area contributed by atoms with Gasteiger partial charge in [0.25, 0.3) is 5.91 Å². The number of carbonyl (C=O) groups excluding carboxylic acids is 1. The minimum atomic E-state index is -1.14. The van der Waals surface area contributed by atoms with Crippen LogP contribution in [0.1, 0.15) is 12.5 Å². The number of hydrogen-bond acceptors (Lipinski definition) is 9. The monoisotopic (exact) mass is 493 g/mol. The highest BCUT2D eigenvalue weighted by atomic mass is 35.5. The fourth-order valence-corrected chi connectivity index (χ4v) is 3.37. The number of benzene rings is 1. The third-order valence-electron chi connectivity index (χ3n) is 4.87. The minimum Gasteiger partial charge on any atom is -0.461 e. The van der Waals surface area contributed by atoms with E-state index in [0.717, 1.165) is 0 Å². The highest BCUT2D eigenvalue weighted by Crippen LogP contribution is 2.28. The molecule has 2 N–H and O–H groups in total. The Labute approximate surface area is 204 Å². The Morgan fingerprint density at radius 3 is 2.86 bits per heavy atom. The molecular formula is C23H20ClN7O4. The molecule has 0 unspecified atom stereocenters. The van der Waals surface area contributed by atoms with Crippen LogP contribution < -0.4 is 10.1 Å². The van der Waals surface area contributed by atoms with Gasteiger partial charge in [-0.2, -0.15) is 5.26 Å². The van der Waals surface area contributed by atoms with Crippen LogP contribution in [0.4, 0.5) is 5.82 Å². The Balaban J connectivity index is 1.66. The molecule has 178 valence electrons. The fourth-order valence-electron chi connectivity index (χ4n) is 3.11. The summed E-state index contributed by atoms with van der Waals surface area (Å²) in [5.41, 5.74) is 0.970. The molecule has 0 aliphatic carbocycles. The van der Waals surface area contributed by atoms with Crippen LogP contribution in [0.2, 0.25) is 5.02 Å². The zero-order chi connectivity index (χ0) is 24.8. The van der Waals surface area contributed by atoms with E-state index in [-0.39, 0.29) is 24.7 Å². The molecule has 0 spiro atoms. The Morgan fingerprint density at radius 2 is 2.11 bits per heavy atom. The minimum absolute atomic E-state index is 0.0771. The molecule has 35 heavy (non-hydrogen) atoms. The number of para-hydroxylation sites is 1. The van der Waals surface area contributed by atoms with Crippen molar-refractivity contribution in [3.63, 3.8) is 0 Å². The van der Waals surface area contributed by atoms with E-state index in [0.29, 0.717) is 27.5 Å². The lowest BCUT2D eigenvalue weighted by Crippen LogP contribution is -2.38. The van der Waals surface area contributed by atoms with Gasteiger partial charge in [0.1, 0.15) is 29.3 Å². The summed E-state index contributed by atoms with van der Waals surface area (Å²) in [5, 5.41) is 26.5. The normalized spacial score (nSPS) is 12.6. The van der Waals surface area contributed by atoms with E-state index < -0.39 is 18.1 Å². The maximum Gasteiger partial charge on any atom is 0.269 e. The largest absolute Gasteiger partial charge is 0.461 e. The van der Waals surface area contributed by atoms with Crippen LogP contribution in [0, 0.1) is 11.3 Å². The summed E-state index contributed by atoms with van der Waals surface area (Å²) in [5.74, 6) is -0.108. The molecule has 0 aliphatic rings. The molecule has 4 aromatic rings. The number of pyridine rings is 1. The van der Waals surface area contributed by atoms with Gasteiger partial charge in [0, 0.05) is 12.4 Å². The average molecular weight is 494 g/mol. The second kappa shape index (κ2) is 10.9. The maximum absolute atomic E-state index is 13.0. The van der Waals surface area contributed by atoms with Crippen molar-refractivity contribution in [3.8, 4) is 17.6 Å². The number of aliphatic hydroxyl groups is 1. The van der Waals surface area contributed by atoms with Crippen LogP contribution in [0.15, 0.2) is 55.1 Å². The summed E-state index contributed by atoms with van der Waals surface area (Å²) >= 11 is 6.32. The van der Waals surface area contributed by atoms with E-state index in [1.54, 1.807) is 55.7 Å². The van der Waals surface area contributed by atoms with Gasteiger partial charge in [0.15, 0.2) is 5.65 Å². The predicted octanol–water partition coefficient (Wildman–Crippen LogP) is 2.52. The van der Waals surface area contributed by atoms with Crippen molar-refractivity contribution in [1.82, 2.24) is 24.7 Å². The topological polar surface area (TPSA) is 148 Å². The number of nitrogens with zero attached hydrogens (tertiary/aromatic N) is 6. The number of aromatic nitrogens is 5. The van der Waals surface area contributed by atoms with E-state index in [4.69, 9.17) is 21.1 Å². The summed E-state index contributed by atoms with van der Waals surface area (Å²) in [7, 11) is 0. The van der Waals surface area contributed by atoms with Gasteiger partial charge < -0.3 is 19.9 Å². The number of halogens is 1. The van der Waals surface area contributed by atoms with Crippen LogP contribution in [-0.2, 0) is 9.53 Å². The lowest BCUT2D eigenvalue weighted by atomic mass is 10.2. The molecule has 0 saturated carbocycles. The Morgan fingerprint density at radius 1 is 1.26 bits per heavy atom. The predicted molar refractivity (Wildman–Crippen MR) is 126 cm³/mol.